The van der Waals surface area contributed by atoms with E-state index in [0.29, 0.717) is 18.1 Å². The van der Waals surface area contributed by atoms with Gasteiger partial charge >= 0.3 is 0 Å². The monoisotopic (exact) mass is 433 g/mol. The van der Waals surface area contributed by atoms with Crippen LogP contribution in [0.15, 0.2) is 18.3 Å². The zero-order valence-corrected chi connectivity index (χ0v) is 17.7. The van der Waals surface area contributed by atoms with Gasteiger partial charge in [0.15, 0.2) is 0 Å². The number of halogens is 3. The molecular formula is C18H26Cl3N5O. The van der Waals surface area contributed by atoms with Gasteiger partial charge in [-0.15, -0.1) is 24.8 Å². The number of likely N-dealkylation sites (tertiary alicyclic amines) is 1. The van der Waals surface area contributed by atoms with Gasteiger partial charge in [0.25, 0.3) is 0 Å². The molecule has 6 nitrogen and oxygen atoms in total. The molecule has 2 aliphatic heterocycles. The predicted molar refractivity (Wildman–Crippen MR) is 112 cm³/mol. The van der Waals surface area contributed by atoms with Crippen molar-refractivity contribution in [1.29, 1.82) is 5.26 Å². The lowest BCUT2D eigenvalue weighted by atomic mass is 9.89. The minimum atomic E-state index is -0.250. The molecule has 1 N–H and O–H groups in total. The Hall–Kier alpha value is -1.26. The largest absolute Gasteiger partial charge is 0.356 e. The number of anilines is 1. The highest BCUT2D eigenvalue weighted by molar-refractivity contribution is 6.30. The Morgan fingerprint density at radius 1 is 1.37 bits per heavy atom. The summed E-state index contributed by atoms with van der Waals surface area (Å²) in [7, 11) is 0. The van der Waals surface area contributed by atoms with Gasteiger partial charge in [-0.25, -0.2) is 4.98 Å². The van der Waals surface area contributed by atoms with Gasteiger partial charge in [-0.1, -0.05) is 11.6 Å². The van der Waals surface area contributed by atoms with E-state index in [1.54, 1.807) is 11.1 Å². The highest BCUT2D eigenvalue weighted by Gasteiger charge is 2.33. The first-order chi connectivity index (χ1) is 12.0. The number of hydrogen-bond acceptors (Lipinski definition) is 5. The highest BCUT2D eigenvalue weighted by atomic mass is 35.5. The fraction of sp³-hybridized carbons (Fsp3) is 0.611. The van der Waals surface area contributed by atoms with Crippen molar-refractivity contribution in [3.63, 3.8) is 0 Å². The van der Waals surface area contributed by atoms with Crippen LogP contribution < -0.4 is 10.2 Å². The summed E-state index contributed by atoms with van der Waals surface area (Å²) in [5.41, 5.74) is -0.0690. The summed E-state index contributed by atoms with van der Waals surface area (Å²) in [5.74, 6) is 0.975. The lowest BCUT2D eigenvalue weighted by Gasteiger charge is -2.40. The van der Waals surface area contributed by atoms with Crippen molar-refractivity contribution in [1.82, 2.24) is 15.2 Å². The van der Waals surface area contributed by atoms with E-state index in [4.69, 9.17) is 16.9 Å². The van der Waals surface area contributed by atoms with Gasteiger partial charge < -0.3 is 15.1 Å². The van der Waals surface area contributed by atoms with Crippen molar-refractivity contribution >= 4 is 48.1 Å². The number of rotatable bonds is 4. The first kappa shape index (κ1) is 23.8. The number of piperidine rings is 1. The lowest BCUT2D eigenvalue weighted by Crippen LogP contribution is -2.54. The van der Waals surface area contributed by atoms with E-state index in [-0.39, 0.29) is 42.3 Å². The third-order valence-electron chi connectivity index (χ3n) is 5.29. The van der Waals surface area contributed by atoms with Crippen LogP contribution in [0.2, 0.25) is 5.02 Å². The smallest absolute Gasteiger partial charge is 0.237 e. The standard InChI is InChI=1S/C18H24ClN5O.2ClH/c1-18(22-13-17(25)24-8-2-3-15(24)11-20)6-9-23(10-7-18)16-5-4-14(19)12-21-16;;/h4-5,12,15,22H,2-3,6-10,13H2,1H3;2*1H/t15-;;/m0../s1. The molecule has 2 saturated heterocycles. The van der Waals surface area contributed by atoms with E-state index < -0.39 is 0 Å². The predicted octanol–water partition coefficient (Wildman–Crippen LogP) is 3.04. The molecule has 0 radical (unpaired) electrons. The molecule has 1 aromatic heterocycles. The lowest BCUT2D eigenvalue weighted by molar-refractivity contribution is -0.130. The average molecular weight is 435 g/mol. The van der Waals surface area contributed by atoms with E-state index in [9.17, 15) is 4.79 Å². The van der Waals surface area contributed by atoms with Crippen LogP contribution in [0.4, 0.5) is 5.82 Å². The Balaban J connectivity index is 0.00000182. The molecule has 0 aliphatic carbocycles. The quantitative estimate of drug-likeness (QED) is 0.788. The summed E-state index contributed by atoms with van der Waals surface area (Å²) in [6.45, 7) is 4.94. The number of nitrogens with one attached hydrogen (secondary N) is 1. The van der Waals surface area contributed by atoms with Crippen molar-refractivity contribution in [2.45, 2.75) is 44.2 Å². The van der Waals surface area contributed by atoms with Gasteiger partial charge in [0.2, 0.25) is 5.91 Å². The third-order valence-corrected chi connectivity index (χ3v) is 5.51. The Morgan fingerprint density at radius 3 is 2.67 bits per heavy atom. The van der Waals surface area contributed by atoms with E-state index in [2.05, 4.69) is 28.2 Å². The normalized spacial score (nSPS) is 21.0. The number of amides is 1. The van der Waals surface area contributed by atoms with Crippen LogP contribution in [-0.2, 0) is 4.79 Å². The van der Waals surface area contributed by atoms with Gasteiger partial charge in [-0.3, -0.25) is 4.79 Å². The summed E-state index contributed by atoms with van der Waals surface area (Å²) in [4.78, 5) is 20.7. The number of aromatic nitrogens is 1. The SMILES string of the molecule is CC1(NCC(=O)N2CCC[C@H]2C#N)CCN(c2ccc(Cl)cn2)CC1.Cl.Cl. The summed E-state index contributed by atoms with van der Waals surface area (Å²) >= 11 is 5.89. The zero-order chi connectivity index (χ0) is 17.9. The molecule has 3 rings (SSSR count). The molecule has 0 unspecified atom stereocenters. The van der Waals surface area contributed by atoms with Crippen LogP contribution in [-0.4, -0.2) is 53.6 Å². The fourth-order valence-electron chi connectivity index (χ4n) is 3.55. The van der Waals surface area contributed by atoms with Crippen molar-refractivity contribution < 1.29 is 4.79 Å². The van der Waals surface area contributed by atoms with E-state index in [1.807, 2.05) is 12.1 Å². The van der Waals surface area contributed by atoms with Gasteiger partial charge in [-0.05, 0) is 44.7 Å². The minimum absolute atomic E-state index is 0. The molecule has 0 bridgehead atoms. The number of carbonyl (C=O) groups excluding carboxylic acids is 1. The molecule has 2 aliphatic rings. The fourth-order valence-corrected chi connectivity index (χ4v) is 3.66. The second-order valence-corrected chi connectivity index (χ2v) is 7.55. The molecule has 0 spiro atoms. The van der Waals surface area contributed by atoms with Crippen LogP contribution in [0.5, 0.6) is 0 Å². The van der Waals surface area contributed by atoms with Crippen LogP contribution >= 0.6 is 36.4 Å². The molecule has 1 atom stereocenters. The van der Waals surface area contributed by atoms with Crippen LogP contribution in [0, 0.1) is 11.3 Å². The summed E-state index contributed by atoms with van der Waals surface area (Å²) in [6, 6.07) is 5.77. The number of hydrogen-bond donors (Lipinski definition) is 1. The summed E-state index contributed by atoms with van der Waals surface area (Å²) < 4.78 is 0. The van der Waals surface area contributed by atoms with Crippen molar-refractivity contribution in [3.05, 3.63) is 23.4 Å². The third kappa shape index (κ3) is 5.86. The number of carbonyl (C=O) groups is 1. The highest BCUT2D eigenvalue weighted by Crippen LogP contribution is 2.25. The second kappa shape index (κ2) is 10.3. The van der Waals surface area contributed by atoms with E-state index in [0.717, 1.165) is 44.6 Å². The van der Waals surface area contributed by atoms with Crippen LogP contribution in [0.3, 0.4) is 0 Å². The van der Waals surface area contributed by atoms with Crippen LogP contribution in [0.1, 0.15) is 32.6 Å². The molecule has 3 heterocycles. The number of nitrogens with zero attached hydrogens (tertiary/aromatic N) is 4. The topological polar surface area (TPSA) is 72.3 Å². The molecule has 2 fully saturated rings. The molecule has 9 heteroatoms. The molecular weight excluding hydrogens is 409 g/mol. The second-order valence-electron chi connectivity index (χ2n) is 7.11. The molecule has 150 valence electrons. The Bertz CT molecular complexity index is 656. The maximum atomic E-state index is 12.4. The average Bonchev–Trinajstić information content (AvgIpc) is 3.10. The maximum Gasteiger partial charge on any atom is 0.237 e. The van der Waals surface area contributed by atoms with Crippen molar-refractivity contribution in [2.24, 2.45) is 0 Å². The molecule has 0 aromatic carbocycles. The van der Waals surface area contributed by atoms with Crippen molar-refractivity contribution in [3.8, 4) is 6.07 Å². The van der Waals surface area contributed by atoms with E-state index in [1.165, 1.54) is 0 Å². The number of nitriles is 1. The van der Waals surface area contributed by atoms with E-state index >= 15 is 0 Å². The maximum absolute atomic E-state index is 12.4. The Kier molecular flexibility index (Phi) is 9.10. The van der Waals surface area contributed by atoms with Gasteiger partial charge in [0.05, 0.1) is 17.6 Å². The molecule has 1 aromatic rings. The Morgan fingerprint density at radius 2 is 2.07 bits per heavy atom. The molecule has 27 heavy (non-hydrogen) atoms. The Labute approximate surface area is 178 Å². The van der Waals surface area contributed by atoms with Crippen LogP contribution in [0.25, 0.3) is 0 Å². The first-order valence-corrected chi connectivity index (χ1v) is 9.19. The molecule has 0 saturated carbocycles. The van der Waals surface area contributed by atoms with Crippen molar-refractivity contribution in [2.75, 3.05) is 31.1 Å². The number of pyridine rings is 1. The van der Waals surface area contributed by atoms with Gasteiger partial charge in [0, 0.05) is 31.4 Å². The van der Waals surface area contributed by atoms with Gasteiger partial charge in [0.1, 0.15) is 11.9 Å². The summed E-state index contributed by atoms with van der Waals surface area (Å²) in [5, 5.41) is 13.2. The van der Waals surface area contributed by atoms with Gasteiger partial charge in [-0.2, -0.15) is 5.26 Å². The summed E-state index contributed by atoms with van der Waals surface area (Å²) in [6.07, 6.45) is 5.26. The first-order valence-electron chi connectivity index (χ1n) is 8.81. The molecule has 1 amide bonds. The minimum Gasteiger partial charge on any atom is -0.356 e. The zero-order valence-electron chi connectivity index (χ0n) is 15.4.